The molecule has 0 bridgehead atoms. The normalized spacial score (nSPS) is 10.8. The molecule has 0 amide bonds. The van der Waals surface area contributed by atoms with Crippen molar-refractivity contribution in [2.75, 3.05) is 19.5 Å². The average molecular weight is 405 g/mol. The van der Waals surface area contributed by atoms with Gasteiger partial charge in [-0.1, -0.05) is 35.5 Å². The van der Waals surface area contributed by atoms with Gasteiger partial charge in [0.2, 0.25) is 0 Å². The highest BCUT2D eigenvalue weighted by atomic mass is 35.5. The molecular weight excluding hydrogens is 388 g/mol. The van der Waals surface area contributed by atoms with Crippen molar-refractivity contribution in [2.45, 2.75) is 12.1 Å². The van der Waals surface area contributed by atoms with E-state index in [1.165, 1.54) is 11.7 Å². The fourth-order valence-corrected chi connectivity index (χ4v) is 3.62. The van der Waals surface area contributed by atoms with Gasteiger partial charge in [0, 0.05) is 0 Å². The van der Waals surface area contributed by atoms with E-state index in [9.17, 15) is 9.59 Å². The zero-order valence-electron chi connectivity index (χ0n) is 14.8. The number of aromatic nitrogens is 2. The highest BCUT2D eigenvalue weighted by molar-refractivity contribution is 7.99. The number of halogens is 1. The number of carbonyl (C=O) groups is 1. The summed E-state index contributed by atoms with van der Waals surface area (Å²) in [7, 11) is 1.52. The van der Waals surface area contributed by atoms with Gasteiger partial charge < -0.3 is 9.47 Å². The van der Waals surface area contributed by atoms with Crippen molar-refractivity contribution < 1.29 is 14.3 Å². The van der Waals surface area contributed by atoms with Crippen molar-refractivity contribution in [3.05, 3.63) is 57.8 Å². The molecule has 0 saturated carbocycles. The van der Waals surface area contributed by atoms with Crippen LogP contribution in [0.2, 0.25) is 5.02 Å². The third-order valence-corrected chi connectivity index (χ3v) is 4.97. The van der Waals surface area contributed by atoms with Gasteiger partial charge in [0.15, 0.2) is 5.16 Å². The number of rotatable bonds is 6. The van der Waals surface area contributed by atoms with Crippen molar-refractivity contribution in [1.82, 2.24) is 9.55 Å². The van der Waals surface area contributed by atoms with Crippen LogP contribution in [-0.2, 0) is 9.53 Å². The topological polar surface area (TPSA) is 70.4 Å². The Labute approximate surface area is 165 Å². The van der Waals surface area contributed by atoms with Gasteiger partial charge in [-0.15, -0.1) is 0 Å². The molecule has 3 aromatic rings. The van der Waals surface area contributed by atoms with E-state index in [1.54, 1.807) is 43.3 Å². The summed E-state index contributed by atoms with van der Waals surface area (Å²) in [4.78, 5) is 29.4. The number of carbonyl (C=O) groups excluding carboxylic acids is 1. The van der Waals surface area contributed by atoms with Gasteiger partial charge >= 0.3 is 5.97 Å². The van der Waals surface area contributed by atoms with E-state index >= 15 is 0 Å². The first-order valence-electron chi connectivity index (χ1n) is 8.19. The number of fused-ring (bicyclic) bond motifs is 1. The zero-order chi connectivity index (χ0) is 19.4. The van der Waals surface area contributed by atoms with Gasteiger partial charge in [0.05, 0.1) is 41.1 Å². The number of hydrogen-bond acceptors (Lipinski definition) is 6. The van der Waals surface area contributed by atoms with Crippen molar-refractivity contribution >= 4 is 40.2 Å². The molecule has 0 aliphatic carbocycles. The molecule has 0 N–H and O–H groups in total. The predicted octanol–water partition coefficient (Wildman–Crippen LogP) is 3.70. The van der Waals surface area contributed by atoms with Gasteiger partial charge in [0.1, 0.15) is 5.75 Å². The molecule has 1 heterocycles. The third-order valence-electron chi connectivity index (χ3n) is 3.76. The second kappa shape index (κ2) is 8.45. The Morgan fingerprint density at radius 1 is 1.26 bits per heavy atom. The minimum atomic E-state index is -0.371. The summed E-state index contributed by atoms with van der Waals surface area (Å²) in [5.74, 6) is 0.176. The van der Waals surface area contributed by atoms with Gasteiger partial charge in [-0.2, -0.15) is 0 Å². The smallest absolute Gasteiger partial charge is 0.316 e. The zero-order valence-corrected chi connectivity index (χ0v) is 16.3. The lowest BCUT2D eigenvalue weighted by Gasteiger charge is -2.14. The molecule has 0 aliphatic rings. The first-order chi connectivity index (χ1) is 13.0. The second-order valence-corrected chi connectivity index (χ2v) is 6.81. The maximum Gasteiger partial charge on any atom is 0.316 e. The Morgan fingerprint density at radius 2 is 2.04 bits per heavy atom. The molecule has 0 unspecified atom stereocenters. The molecule has 8 heteroatoms. The van der Waals surface area contributed by atoms with Gasteiger partial charge in [-0.25, -0.2) is 4.98 Å². The van der Waals surface area contributed by atoms with E-state index < -0.39 is 0 Å². The summed E-state index contributed by atoms with van der Waals surface area (Å²) in [6.45, 7) is 2.04. The SMILES string of the molecule is CCOC(=O)CSc1nc2ccccc2c(=O)n1-c1ccc(OC)c(Cl)c1. The van der Waals surface area contributed by atoms with Crippen LogP contribution in [0.25, 0.3) is 16.6 Å². The Hall–Kier alpha value is -2.51. The second-order valence-electron chi connectivity index (χ2n) is 5.46. The minimum Gasteiger partial charge on any atom is -0.495 e. The quantitative estimate of drug-likeness (QED) is 0.354. The van der Waals surface area contributed by atoms with E-state index in [0.29, 0.717) is 39.1 Å². The molecule has 27 heavy (non-hydrogen) atoms. The first kappa shape index (κ1) is 19.3. The van der Waals surface area contributed by atoms with Crippen LogP contribution < -0.4 is 10.3 Å². The number of esters is 1. The molecule has 6 nitrogen and oxygen atoms in total. The molecule has 140 valence electrons. The maximum absolute atomic E-state index is 13.1. The number of methoxy groups -OCH3 is 1. The average Bonchev–Trinajstić information content (AvgIpc) is 2.67. The van der Waals surface area contributed by atoms with Crippen LogP contribution in [0, 0.1) is 0 Å². The Balaban J connectivity index is 2.14. The molecule has 0 fully saturated rings. The van der Waals surface area contributed by atoms with Crippen molar-refractivity contribution in [3.8, 4) is 11.4 Å². The van der Waals surface area contributed by atoms with Gasteiger partial charge in [-0.3, -0.25) is 14.2 Å². The van der Waals surface area contributed by atoms with Crippen LogP contribution in [0.15, 0.2) is 52.4 Å². The number of ether oxygens (including phenoxy) is 2. The number of nitrogens with zero attached hydrogens (tertiary/aromatic N) is 2. The van der Waals surface area contributed by atoms with E-state index in [2.05, 4.69) is 4.98 Å². The van der Waals surface area contributed by atoms with E-state index in [0.717, 1.165) is 11.8 Å². The van der Waals surface area contributed by atoms with Crippen LogP contribution in [0.5, 0.6) is 5.75 Å². The molecule has 0 radical (unpaired) electrons. The van der Waals surface area contributed by atoms with Gasteiger partial charge in [0.25, 0.3) is 5.56 Å². The Morgan fingerprint density at radius 3 is 2.74 bits per heavy atom. The Kier molecular flexibility index (Phi) is 6.03. The number of benzene rings is 2. The Bertz CT molecular complexity index is 1050. The standard InChI is InChI=1S/C19H17ClN2O4S/c1-3-26-17(23)11-27-19-21-15-7-5-4-6-13(15)18(24)22(19)12-8-9-16(25-2)14(20)10-12/h4-10H,3,11H2,1-2H3. The molecule has 1 aromatic heterocycles. The summed E-state index contributed by atoms with van der Waals surface area (Å²) in [5.41, 5.74) is 0.855. The summed E-state index contributed by atoms with van der Waals surface area (Å²) in [6, 6.07) is 12.1. The highest BCUT2D eigenvalue weighted by Gasteiger charge is 2.16. The van der Waals surface area contributed by atoms with Crippen molar-refractivity contribution in [1.29, 1.82) is 0 Å². The molecule has 0 aliphatic heterocycles. The van der Waals surface area contributed by atoms with E-state index in [-0.39, 0.29) is 17.3 Å². The lowest BCUT2D eigenvalue weighted by Crippen LogP contribution is -2.22. The molecule has 0 saturated heterocycles. The van der Waals surface area contributed by atoms with Gasteiger partial charge in [-0.05, 0) is 37.3 Å². The number of hydrogen-bond donors (Lipinski definition) is 0. The van der Waals surface area contributed by atoms with Crippen LogP contribution in [0.3, 0.4) is 0 Å². The summed E-state index contributed by atoms with van der Waals surface area (Å²) < 4.78 is 11.6. The predicted molar refractivity (Wildman–Crippen MR) is 106 cm³/mol. The minimum absolute atomic E-state index is 0.0442. The van der Waals surface area contributed by atoms with Crippen LogP contribution in [0.1, 0.15) is 6.92 Å². The molecule has 3 rings (SSSR count). The number of para-hydroxylation sites is 1. The van der Waals surface area contributed by atoms with Crippen molar-refractivity contribution in [3.63, 3.8) is 0 Å². The summed E-state index contributed by atoms with van der Waals surface area (Å²) >= 11 is 7.37. The highest BCUT2D eigenvalue weighted by Crippen LogP contribution is 2.28. The molecule has 0 spiro atoms. The maximum atomic E-state index is 13.1. The fourth-order valence-electron chi connectivity index (χ4n) is 2.56. The molecule has 2 aromatic carbocycles. The molecular formula is C19H17ClN2O4S. The lowest BCUT2D eigenvalue weighted by molar-refractivity contribution is -0.139. The van der Waals surface area contributed by atoms with E-state index in [1.807, 2.05) is 6.07 Å². The van der Waals surface area contributed by atoms with Crippen LogP contribution in [0.4, 0.5) is 0 Å². The van der Waals surface area contributed by atoms with Crippen LogP contribution in [-0.4, -0.2) is 35.0 Å². The monoisotopic (exact) mass is 404 g/mol. The number of thioether (sulfide) groups is 1. The fraction of sp³-hybridized carbons (Fsp3) is 0.211. The first-order valence-corrected chi connectivity index (χ1v) is 9.55. The third kappa shape index (κ3) is 4.09. The van der Waals surface area contributed by atoms with Crippen LogP contribution >= 0.6 is 23.4 Å². The summed E-state index contributed by atoms with van der Waals surface area (Å²) in [6.07, 6.45) is 0. The lowest BCUT2D eigenvalue weighted by atomic mass is 10.2. The molecule has 0 atom stereocenters. The largest absolute Gasteiger partial charge is 0.495 e. The van der Waals surface area contributed by atoms with E-state index in [4.69, 9.17) is 21.1 Å². The van der Waals surface area contributed by atoms with Crippen molar-refractivity contribution in [2.24, 2.45) is 0 Å². The summed E-state index contributed by atoms with van der Waals surface area (Å²) in [5, 5.41) is 1.23.